The predicted molar refractivity (Wildman–Crippen MR) is 81.3 cm³/mol. The maximum absolute atomic E-state index is 10.2. The van der Waals surface area contributed by atoms with Crippen molar-refractivity contribution in [3.05, 3.63) is 63.4 Å². The second-order valence-corrected chi connectivity index (χ2v) is 5.99. The number of benzene rings is 1. The fraction of sp³-hybridized carbons (Fsp3) is 0.312. The summed E-state index contributed by atoms with van der Waals surface area (Å²) in [5.74, 6) is 0. The molecule has 0 amide bonds. The minimum Gasteiger partial charge on any atom is -0.392 e. The topological polar surface area (TPSA) is 33.1 Å². The van der Waals surface area contributed by atoms with E-state index in [2.05, 4.69) is 53.0 Å². The summed E-state index contributed by atoms with van der Waals surface area (Å²) in [6.45, 7) is 4.17. The minimum absolute atomic E-state index is 0.378. The molecule has 0 radical (unpaired) electrons. The van der Waals surface area contributed by atoms with Crippen molar-refractivity contribution in [3.8, 4) is 0 Å². The molecule has 0 spiro atoms. The number of hydrogen-bond donors (Lipinski definition) is 1. The fourth-order valence-corrected chi connectivity index (χ4v) is 2.78. The van der Waals surface area contributed by atoms with Crippen molar-refractivity contribution in [2.24, 2.45) is 0 Å². The van der Waals surface area contributed by atoms with Crippen molar-refractivity contribution in [3.63, 3.8) is 0 Å². The standard InChI is InChI=1S/C16H18BrNO/c1-11-3-12(2)5-13(4-11)7-16(19)8-14-6-15(17)10-18-9-14/h3-6,9-10,16,19H,7-8H2,1-2H3. The van der Waals surface area contributed by atoms with Crippen molar-refractivity contribution < 1.29 is 5.11 Å². The van der Waals surface area contributed by atoms with Crippen LogP contribution < -0.4 is 0 Å². The van der Waals surface area contributed by atoms with Crippen molar-refractivity contribution in [1.82, 2.24) is 4.98 Å². The zero-order valence-electron chi connectivity index (χ0n) is 11.2. The van der Waals surface area contributed by atoms with Crippen molar-refractivity contribution >= 4 is 15.9 Å². The van der Waals surface area contributed by atoms with Crippen LogP contribution in [0.2, 0.25) is 0 Å². The number of nitrogens with zero attached hydrogens (tertiary/aromatic N) is 1. The first-order chi connectivity index (χ1) is 9.02. The molecule has 0 aliphatic heterocycles. The molecule has 2 nitrogen and oxygen atoms in total. The lowest BCUT2D eigenvalue weighted by Gasteiger charge is -2.12. The molecule has 2 aromatic rings. The van der Waals surface area contributed by atoms with Gasteiger partial charge < -0.3 is 5.11 Å². The fourth-order valence-electron chi connectivity index (χ4n) is 2.37. The third-order valence-electron chi connectivity index (χ3n) is 2.99. The van der Waals surface area contributed by atoms with Gasteiger partial charge in [0.05, 0.1) is 6.10 Å². The van der Waals surface area contributed by atoms with Gasteiger partial charge in [-0.05, 0) is 53.4 Å². The third kappa shape index (κ3) is 4.44. The first kappa shape index (κ1) is 14.2. The Bertz CT molecular complexity index is 548. The van der Waals surface area contributed by atoms with Crippen molar-refractivity contribution in [1.29, 1.82) is 0 Å². The number of aryl methyl sites for hydroxylation is 2. The van der Waals surface area contributed by atoms with Gasteiger partial charge in [0.2, 0.25) is 0 Å². The van der Waals surface area contributed by atoms with E-state index in [0.29, 0.717) is 12.8 Å². The summed E-state index contributed by atoms with van der Waals surface area (Å²) in [4.78, 5) is 4.11. The summed E-state index contributed by atoms with van der Waals surface area (Å²) in [6.07, 6.45) is 4.47. The normalized spacial score (nSPS) is 12.4. The second-order valence-electron chi connectivity index (χ2n) is 5.07. The lowest BCUT2D eigenvalue weighted by molar-refractivity contribution is 0.175. The Hall–Kier alpha value is -1.19. The Labute approximate surface area is 122 Å². The Morgan fingerprint density at radius 1 is 1.00 bits per heavy atom. The van der Waals surface area contributed by atoms with Gasteiger partial charge >= 0.3 is 0 Å². The monoisotopic (exact) mass is 319 g/mol. The molecule has 1 heterocycles. The molecular formula is C16H18BrNO. The van der Waals surface area contributed by atoms with E-state index in [1.807, 2.05) is 6.07 Å². The third-order valence-corrected chi connectivity index (χ3v) is 3.42. The highest BCUT2D eigenvalue weighted by Crippen LogP contribution is 2.15. The van der Waals surface area contributed by atoms with Gasteiger partial charge in [-0.2, -0.15) is 0 Å². The largest absolute Gasteiger partial charge is 0.392 e. The number of hydrogen-bond acceptors (Lipinski definition) is 2. The Balaban J connectivity index is 2.03. The molecule has 2 rings (SSSR count). The van der Waals surface area contributed by atoms with Crippen LogP contribution in [-0.2, 0) is 12.8 Å². The quantitative estimate of drug-likeness (QED) is 0.933. The maximum atomic E-state index is 10.2. The van der Waals surface area contributed by atoms with Crippen LogP contribution in [0.15, 0.2) is 41.1 Å². The van der Waals surface area contributed by atoms with E-state index in [0.717, 1.165) is 10.0 Å². The number of aliphatic hydroxyl groups excluding tert-OH is 1. The average molecular weight is 320 g/mol. The first-order valence-corrected chi connectivity index (χ1v) is 7.17. The van der Waals surface area contributed by atoms with Gasteiger partial charge in [0.1, 0.15) is 0 Å². The minimum atomic E-state index is -0.378. The van der Waals surface area contributed by atoms with Crippen LogP contribution in [0.3, 0.4) is 0 Å². The highest BCUT2D eigenvalue weighted by Gasteiger charge is 2.08. The number of pyridine rings is 1. The molecule has 0 saturated heterocycles. The van der Waals surface area contributed by atoms with Gasteiger partial charge in [0.15, 0.2) is 0 Å². The van der Waals surface area contributed by atoms with Gasteiger partial charge in [-0.25, -0.2) is 0 Å². The van der Waals surface area contributed by atoms with Crippen LogP contribution >= 0.6 is 15.9 Å². The van der Waals surface area contributed by atoms with Crippen LogP contribution in [0, 0.1) is 13.8 Å². The molecule has 1 aromatic heterocycles. The molecule has 19 heavy (non-hydrogen) atoms. The predicted octanol–water partition coefficient (Wildman–Crippen LogP) is 3.61. The highest BCUT2D eigenvalue weighted by atomic mass is 79.9. The van der Waals surface area contributed by atoms with E-state index in [-0.39, 0.29) is 6.10 Å². The number of aliphatic hydroxyl groups is 1. The molecule has 1 N–H and O–H groups in total. The van der Waals surface area contributed by atoms with Crippen LogP contribution in [0.5, 0.6) is 0 Å². The number of halogens is 1. The lowest BCUT2D eigenvalue weighted by atomic mass is 9.99. The summed E-state index contributed by atoms with van der Waals surface area (Å²) in [5, 5.41) is 10.2. The van der Waals surface area contributed by atoms with E-state index in [1.165, 1.54) is 16.7 Å². The van der Waals surface area contributed by atoms with Crippen molar-refractivity contribution in [2.75, 3.05) is 0 Å². The van der Waals surface area contributed by atoms with E-state index in [1.54, 1.807) is 12.4 Å². The SMILES string of the molecule is Cc1cc(C)cc(CC(O)Cc2cncc(Br)c2)c1. The van der Waals surface area contributed by atoms with E-state index < -0.39 is 0 Å². The maximum Gasteiger partial charge on any atom is 0.0621 e. The Morgan fingerprint density at radius 2 is 1.63 bits per heavy atom. The zero-order valence-corrected chi connectivity index (χ0v) is 12.8. The van der Waals surface area contributed by atoms with Crippen molar-refractivity contribution in [2.45, 2.75) is 32.8 Å². The summed E-state index contributed by atoms with van der Waals surface area (Å²) >= 11 is 3.39. The lowest BCUT2D eigenvalue weighted by Crippen LogP contribution is -2.14. The molecule has 3 heteroatoms. The van der Waals surface area contributed by atoms with Gasteiger partial charge in [-0.3, -0.25) is 4.98 Å². The zero-order chi connectivity index (χ0) is 13.8. The molecule has 0 fully saturated rings. The van der Waals surface area contributed by atoms with E-state index in [9.17, 15) is 5.11 Å². The van der Waals surface area contributed by atoms with Gasteiger partial charge in [0.25, 0.3) is 0 Å². The smallest absolute Gasteiger partial charge is 0.0621 e. The van der Waals surface area contributed by atoms with E-state index >= 15 is 0 Å². The molecule has 0 aliphatic rings. The summed E-state index contributed by atoms with van der Waals surface area (Å²) in [7, 11) is 0. The molecule has 1 unspecified atom stereocenters. The summed E-state index contributed by atoms with van der Waals surface area (Å²) in [5.41, 5.74) is 4.72. The van der Waals surface area contributed by atoms with Crippen LogP contribution in [0.25, 0.3) is 0 Å². The van der Waals surface area contributed by atoms with Crippen LogP contribution in [-0.4, -0.2) is 16.2 Å². The molecule has 1 atom stereocenters. The molecule has 0 bridgehead atoms. The number of aromatic nitrogens is 1. The average Bonchev–Trinajstić information content (AvgIpc) is 2.26. The van der Waals surface area contributed by atoms with Gasteiger partial charge in [-0.15, -0.1) is 0 Å². The van der Waals surface area contributed by atoms with E-state index in [4.69, 9.17) is 0 Å². The van der Waals surface area contributed by atoms with Crippen LogP contribution in [0.1, 0.15) is 22.3 Å². The first-order valence-electron chi connectivity index (χ1n) is 6.37. The van der Waals surface area contributed by atoms with Crippen LogP contribution in [0.4, 0.5) is 0 Å². The molecule has 0 aliphatic carbocycles. The Kier molecular flexibility index (Phi) is 4.72. The molecule has 1 aromatic carbocycles. The highest BCUT2D eigenvalue weighted by molar-refractivity contribution is 9.10. The summed E-state index contributed by atoms with van der Waals surface area (Å²) in [6, 6.07) is 8.41. The Morgan fingerprint density at radius 3 is 2.26 bits per heavy atom. The van der Waals surface area contributed by atoms with Gasteiger partial charge in [0, 0.05) is 23.3 Å². The van der Waals surface area contributed by atoms with Gasteiger partial charge in [-0.1, -0.05) is 29.3 Å². The number of rotatable bonds is 4. The molecule has 0 saturated carbocycles. The second kappa shape index (κ2) is 6.31. The molecular weight excluding hydrogens is 302 g/mol. The summed E-state index contributed by atoms with van der Waals surface area (Å²) < 4.78 is 0.948. The molecule has 100 valence electrons.